The van der Waals surface area contributed by atoms with E-state index in [9.17, 15) is 9.59 Å². The van der Waals surface area contributed by atoms with E-state index in [4.69, 9.17) is 18.9 Å². The molecule has 2 aromatic rings. The van der Waals surface area contributed by atoms with Crippen LogP contribution in [-0.4, -0.2) is 39.3 Å². The zero-order chi connectivity index (χ0) is 22.3. The lowest BCUT2D eigenvalue weighted by Gasteiger charge is -2.17. The number of hydrogen-bond acceptors (Lipinski definition) is 6. The van der Waals surface area contributed by atoms with Crippen molar-refractivity contribution < 1.29 is 28.5 Å². The summed E-state index contributed by atoms with van der Waals surface area (Å²) in [6, 6.07) is 8.56. The van der Waals surface area contributed by atoms with Gasteiger partial charge in [-0.3, -0.25) is 4.79 Å². The molecular weight excluding hydrogens is 386 g/mol. The summed E-state index contributed by atoms with van der Waals surface area (Å²) in [7, 11) is 4.52. The predicted molar refractivity (Wildman–Crippen MR) is 115 cm³/mol. The normalized spacial score (nSPS) is 11.2. The molecule has 1 N–H and O–H groups in total. The number of amides is 1. The fourth-order valence-corrected chi connectivity index (χ4v) is 2.90. The van der Waals surface area contributed by atoms with Crippen LogP contribution in [0.5, 0.6) is 17.2 Å². The molecule has 0 aliphatic carbocycles. The minimum Gasteiger partial charge on any atom is -0.495 e. The number of methoxy groups -OCH3 is 3. The first-order chi connectivity index (χ1) is 14.3. The molecule has 7 heteroatoms. The van der Waals surface area contributed by atoms with Gasteiger partial charge < -0.3 is 24.3 Å². The maximum atomic E-state index is 12.7. The van der Waals surface area contributed by atoms with Crippen molar-refractivity contribution in [2.45, 2.75) is 26.4 Å². The highest BCUT2D eigenvalue weighted by atomic mass is 16.5. The molecule has 2 aromatic carbocycles. The molecule has 0 aliphatic rings. The van der Waals surface area contributed by atoms with E-state index in [0.29, 0.717) is 29.4 Å². The minimum absolute atomic E-state index is 0.247. The van der Waals surface area contributed by atoms with Crippen molar-refractivity contribution in [2.75, 3.05) is 26.6 Å². The van der Waals surface area contributed by atoms with Gasteiger partial charge in [0.15, 0.2) is 17.6 Å². The Bertz CT molecular complexity index is 938. The van der Waals surface area contributed by atoms with Gasteiger partial charge in [0.1, 0.15) is 5.75 Å². The van der Waals surface area contributed by atoms with Gasteiger partial charge in [-0.25, -0.2) is 4.79 Å². The first-order valence-electron chi connectivity index (χ1n) is 9.36. The molecule has 1 atom stereocenters. The molecule has 1 unspecified atom stereocenters. The third-order valence-electron chi connectivity index (χ3n) is 4.42. The molecule has 0 aromatic heterocycles. The number of carbonyl (C=O) groups excluding carboxylic acids is 2. The van der Waals surface area contributed by atoms with Gasteiger partial charge in [-0.05, 0) is 50.1 Å². The Hall–Kier alpha value is -3.48. The summed E-state index contributed by atoms with van der Waals surface area (Å²) < 4.78 is 21.3. The molecule has 0 saturated carbocycles. The Labute approximate surface area is 176 Å². The Morgan fingerprint density at radius 3 is 2.37 bits per heavy atom. The molecule has 0 aliphatic heterocycles. The van der Waals surface area contributed by atoms with Crippen molar-refractivity contribution in [3.63, 3.8) is 0 Å². The fraction of sp³-hybridized carbons (Fsp3) is 0.304. The Balaban J connectivity index is 2.19. The van der Waals surface area contributed by atoms with E-state index in [-0.39, 0.29) is 5.56 Å². The number of benzene rings is 2. The van der Waals surface area contributed by atoms with Crippen LogP contribution in [0, 0.1) is 6.92 Å². The Morgan fingerprint density at radius 1 is 1.07 bits per heavy atom. The topological polar surface area (TPSA) is 83.1 Å². The fourth-order valence-electron chi connectivity index (χ4n) is 2.90. The van der Waals surface area contributed by atoms with Crippen molar-refractivity contribution in [1.29, 1.82) is 0 Å². The number of aryl methyl sites for hydroxylation is 1. The molecule has 30 heavy (non-hydrogen) atoms. The first-order valence-corrected chi connectivity index (χ1v) is 9.36. The zero-order valence-corrected chi connectivity index (χ0v) is 17.9. The number of anilines is 1. The van der Waals surface area contributed by atoms with Gasteiger partial charge in [0.2, 0.25) is 0 Å². The lowest BCUT2D eigenvalue weighted by molar-refractivity contribution is -0.123. The highest BCUT2D eigenvalue weighted by molar-refractivity contribution is 5.98. The van der Waals surface area contributed by atoms with E-state index in [2.05, 4.69) is 11.9 Å². The second-order valence-electron chi connectivity index (χ2n) is 6.60. The van der Waals surface area contributed by atoms with E-state index < -0.39 is 18.0 Å². The Kier molecular flexibility index (Phi) is 7.86. The van der Waals surface area contributed by atoms with Crippen LogP contribution < -0.4 is 19.5 Å². The second kappa shape index (κ2) is 10.3. The molecule has 7 nitrogen and oxygen atoms in total. The average Bonchev–Trinajstić information content (AvgIpc) is 2.73. The maximum Gasteiger partial charge on any atom is 0.339 e. The second-order valence-corrected chi connectivity index (χ2v) is 6.60. The molecule has 160 valence electrons. The highest BCUT2D eigenvalue weighted by Gasteiger charge is 2.22. The van der Waals surface area contributed by atoms with Crippen LogP contribution in [0.2, 0.25) is 0 Å². The van der Waals surface area contributed by atoms with Gasteiger partial charge in [0.25, 0.3) is 5.91 Å². The van der Waals surface area contributed by atoms with Crippen molar-refractivity contribution in [1.82, 2.24) is 0 Å². The quantitative estimate of drug-likeness (QED) is 0.495. The van der Waals surface area contributed by atoms with Crippen LogP contribution in [-0.2, 0) is 16.0 Å². The summed E-state index contributed by atoms with van der Waals surface area (Å²) in [6.45, 7) is 7.12. The summed E-state index contributed by atoms with van der Waals surface area (Å²) in [4.78, 5) is 25.2. The van der Waals surface area contributed by atoms with E-state index in [0.717, 1.165) is 11.1 Å². The smallest absolute Gasteiger partial charge is 0.339 e. The number of allylic oxidation sites excluding steroid dienone is 1. The monoisotopic (exact) mass is 413 g/mol. The lowest BCUT2D eigenvalue weighted by Crippen LogP contribution is -2.30. The molecule has 0 fully saturated rings. The third-order valence-corrected chi connectivity index (χ3v) is 4.42. The number of esters is 1. The van der Waals surface area contributed by atoms with Gasteiger partial charge in [-0.2, -0.15) is 0 Å². The number of carbonyl (C=O) groups is 2. The van der Waals surface area contributed by atoms with Gasteiger partial charge in [-0.15, -0.1) is 6.58 Å². The summed E-state index contributed by atoms with van der Waals surface area (Å²) in [6.07, 6.45) is 1.14. The zero-order valence-electron chi connectivity index (χ0n) is 17.9. The van der Waals surface area contributed by atoms with Crippen LogP contribution in [0.15, 0.2) is 43.0 Å². The molecule has 0 heterocycles. The standard InChI is InChI=1S/C23H27NO6/c1-7-8-16-12-17(13-20(28-5)21(16)29-6)23(26)30-15(3)22(25)24-18-11-14(2)9-10-19(18)27-4/h7,9-13,15H,1,8H2,2-6H3,(H,24,25). The highest BCUT2D eigenvalue weighted by Crippen LogP contribution is 2.33. The van der Waals surface area contributed by atoms with Crippen LogP contribution in [0.1, 0.15) is 28.4 Å². The number of nitrogens with one attached hydrogen (secondary N) is 1. The number of rotatable bonds is 9. The van der Waals surface area contributed by atoms with Gasteiger partial charge in [0.05, 0.1) is 32.6 Å². The summed E-state index contributed by atoms with van der Waals surface area (Å²) >= 11 is 0. The minimum atomic E-state index is -1.03. The first kappa shape index (κ1) is 22.8. The Morgan fingerprint density at radius 2 is 1.77 bits per heavy atom. The van der Waals surface area contributed by atoms with Gasteiger partial charge in [0, 0.05) is 5.56 Å². The van der Waals surface area contributed by atoms with Gasteiger partial charge >= 0.3 is 5.97 Å². The number of ether oxygens (including phenoxy) is 4. The van der Waals surface area contributed by atoms with Crippen LogP contribution in [0.4, 0.5) is 5.69 Å². The predicted octanol–water partition coefficient (Wildman–Crippen LogP) is 3.93. The molecule has 2 rings (SSSR count). The summed E-state index contributed by atoms with van der Waals surface area (Å²) in [5.74, 6) is 0.303. The van der Waals surface area contributed by atoms with Crippen molar-refractivity contribution in [3.05, 3.63) is 59.7 Å². The lowest BCUT2D eigenvalue weighted by atomic mass is 10.1. The van der Waals surface area contributed by atoms with Crippen molar-refractivity contribution in [3.8, 4) is 17.2 Å². The van der Waals surface area contributed by atoms with Crippen molar-refractivity contribution in [2.24, 2.45) is 0 Å². The van der Waals surface area contributed by atoms with Crippen LogP contribution in [0.3, 0.4) is 0 Å². The largest absolute Gasteiger partial charge is 0.495 e. The van der Waals surface area contributed by atoms with E-state index in [1.165, 1.54) is 34.3 Å². The van der Waals surface area contributed by atoms with E-state index >= 15 is 0 Å². The molecule has 0 spiro atoms. The third kappa shape index (κ3) is 5.31. The summed E-state index contributed by atoms with van der Waals surface area (Å²) in [5, 5.41) is 2.73. The molecule has 0 saturated heterocycles. The maximum absolute atomic E-state index is 12.7. The number of hydrogen-bond donors (Lipinski definition) is 1. The van der Waals surface area contributed by atoms with E-state index in [1.54, 1.807) is 24.3 Å². The molecule has 0 radical (unpaired) electrons. The SMILES string of the molecule is C=CCc1cc(C(=O)OC(C)C(=O)Nc2cc(C)ccc2OC)cc(OC)c1OC. The molecule has 0 bridgehead atoms. The molecule has 1 amide bonds. The van der Waals surface area contributed by atoms with Crippen LogP contribution >= 0.6 is 0 Å². The summed E-state index contributed by atoms with van der Waals surface area (Å²) in [5.41, 5.74) is 2.43. The van der Waals surface area contributed by atoms with E-state index in [1.807, 2.05) is 13.0 Å². The van der Waals surface area contributed by atoms with Crippen LogP contribution in [0.25, 0.3) is 0 Å². The van der Waals surface area contributed by atoms with Crippen molar-refractivity contribution >= 4 is 17.6 Å². The van der Waals surface area contributed by atoms with Gasteiger partial charge in [-0.1, -0.05) is 12.1 Å². The average molecular weight is 413 g/mol. The molecular formula is C23H27NO6.